The zero-order chi connectivity index (χ0) is 8.97. The highest BCUT2D eigenvalue weighted by Gasteiger charge is 1.99. The number of ether oxygens (including phenoxy) is 1. The molecule has 0 aliphatic rings. The summed E-state index contributed by atoms with van der Waals surface area (Å²) in [5, 5.41) is 0. The first kappa shape index (κ1) is 9.84. The molecule has 1 aromatic carbocycles. The fraction of sp³-hybridized carbons (Fsp3) is 0.400. The van der Waals surface area contributed by atoms with Gasteiger partial charge >= 0.3 is 0 Å². The molecule has 1 rings (SSSR count). The van der Waals surface area contributed by atoms with Gasteiger partial charge in [0.05, 0.1) is 6.10 Å². The molecule has 0 aliphatic carbocycles. The van der Waals surface area contributed by atoms with Crippen LogP contribution >= 0.6 is 22.6 Å². The molecule has 0 spiro atoms. The summed E-state index contributed by atoms with van der Waals surface area (Å²) in [5.74, 6) is 0.963. The molecule has 0 aromatic heterocycles. The normalized spacial score (nSPS) is 12.6. The van der Waals surface area contributed by atoms with Crippen molar-refractivity contribution in [1.82, 2.24) is 0 Å². The van der Waals surface area contributed by atoms with E-state index in [0.717, 1.165) is 12.2 Å². The highest BCUT2D eigenvalue weighted by Crippen LogP contribution is 2.15. The van der Waals surface area contributed by atoms with Crippen LogP contribution in [0.15, 0.2) is 24.3 Å². The van der Waals surface area contributed by atoms with Crippen molar-refractivity contribution in [3.05, 3.63) is 27.8 Å². The van der Waals surface area contributed by atoms with Gasteiger partial charge in [-0.2, -0.15) is 0 Å². The second-order valence-electron chi connectivity index (χ2n) is 2.79. The Morgan fingerprint density at radius 3 is 2.42 bits per heavy atom. The summed E-state index contributed by atoms with van der Waals surface area (Å²) in [6.07, 6.45) is 1.36. The van der Waals surface area contributed by atoms with E-state index < -0.39 is 0 Å². The van der Waals surface area contributed by atoms with E-state index in [1.807, 2.05) is 12.1 Å². The Balaban J connectivity index is 2.58. The van der Waals surface area contributed by atoms with Crippen LogP contribution in [0.3, 0.4) is 0 Å². The Hall–Kier alpha value is -0.250. The summed E-state index contributed by atoms with van der Waals surface area (Å²) in [7, 11) is 0. The van der Waals surface area contributed by atoms with Crippen molar-refractivity contribution in [2.45, 2.75) is 26.4 Å². The monoisotopic (exact) mass is 276 g/mol. The maximum absolute atomic E-state index is 5.62. The Morgan fingerprint density at radius 2 is 1.92 bits per heavy atom. The van der Waals surface area contributed by atoms with Gasteiger partial charge in [-0.05, 0) is 60.2 Å². The van der Waals surface area contributed by atoms with E-state index in [0.29, 0.717) is 6.10 Å². The highest BCUT2D eigenvalue weighted by molar-refractivity contribution is 14.1. The lowest BCUT2D eigenvalue weighted by atomic mass is 10.3. The van der Waals surface area contributed by atoms with Crippen LogP contribution < -0.4 is 4.74 Å². The first-order chi connectivity index (χ1) is 5.72. The Morgan fingerprint density at radius 1 is 1.33 bits per heavy atom. The van der Waals surface area contributed by atoms with Crippen molar-refractivity contribution in [2.75, 3.05) is 0 Å². The lowest BCUT2D eigenvalue weighted by molar-refractivity contribution is 0.217. The second-order valence-corrected chi connectivity index (χ2v) is 4.04. The fourth-order valence-corrected chi connectivity index (χ4v) is 1.19. The summed E-state index contributed by atoms with van der Waals surface area (Å²) in [5.41, 5.74) is 0. The molecule has 0 saturated heterocycles. The number of benzene rings is 1. The standard InChI is InChI=1S/C10H13IO/c1-3-8(2)12-10-6-4-9(11)5-7-10/h4-8H,3H2,1-2H3. The van der Waals surface area contributed by atoms with E-state index >= 15 is 0 Å². The summed E-state index contributed by atoms with van der Waals surface area (Å²) < 4.78 is 6.86. The van der Waals surface area contributed by atoms with Crippen molar-refractivity contribution in [1.29, 1.82) is 0 Å². The van der Waals surface area contributed by atoms with Crippen LogP contribution in [0.2, 0.25) is 0 Å². The van der Waals surface area contributed by atoms with Crippen LogP contribution in [0.25, 0.3) is 0 Å². The summed E-state index contributed by atoms with van der Waals surface area (Å²) in [4.78, 5) is 0. The maximum atomic E-state index is 5.62. The molecule has 2 heteroatoms. The van der Waals surface area contributed by atoms with Crippen molar-refractivity contribution in [2.24, 2.45) is 0 Å². The number of halogens is 1. The first-order valence-corrected chi connectivity index (χ1v) is 5.22. The molecule has 1 atom stereocenters. The van der Waals surface area contributed by atoms with Crippen molar-refractivity contribution in [3.63, 3.8) is 0 Å². The van der Waals surface area contributed by atoms with Gasteiger partial charge in [-0.3, -0.25) is 0 Å². The molecule has 1 unspecified atom stereocenters. The molecule has 0 aliphatic heterocycles. The van der Waals surface area contributed by atoms with Crippen molar-refractivity contribution in [3.8, 4) is 5.75 Å². The summed E-state index contributed by atoms with van der Waals surface area (Å²) in [6, 6.07) is 8.12. The highest BCUT2D eigenvalue weighted by atomic mass is 127. The van der Waals surface area contributed by atoms with E-state index in [1.54, 1.807) is 0 Å². The second kappa shape index (κ2) is 4.70. The van der Waals surface area contributed by atoms with Crippen LogP contribution in [0, 0.1) is 3.57 Å². The zero-order valence-corrected chi connectivity index (χ0v) is 9.54. The minimum absolute atomic E-state index is 0.310. The number of rotatable bonds is 3. The molecule has 0 N–H and O–H groups in total. The smallest absolute Gasteiger partial charge is 0.119 e. The van der Waals surface area contributed by atoms with Crippen LogP contribution in [0.5, 0.6) is 5.75 Å². The molecular formula is C10H13IO. The molecule has 0 saturated carbocycles. The summed E-state index contributed by atoms with van der Waals surface area (Å²) >= 11 is 2.28. The Labute approximate surface area is 87.3 Å². The molecule has 1 aromatic rings. The molecule has 12 heavy (non-hydrogen) atoms. The maximum Gasteiger partial charge on any atom is 0.119 e. The lowest BCUT2D eigenvalue weighted by Crippen LogP contribution is -2.09. The third-order valence-corrected chi connectivity index (χ3v) is 2.44. The molecule has 66 valence electrons. The average Bonchev–Trinajstić information content (AvgIpc) is 2.09. The topological polar surface area (TPSA) is 9.23 Å². The average molecular weight is 276 g/mol. The third-order valence-electron chi connectivity index (χ3n) is 1.73. The molecule has 0 bridgehead atoms. The van der Waals surface area contributed by atoms with Crippen LogP contribution in [-0.4, -0.2) is 6.10 Å². The minimum atomic E-state index is 0.310. The summed E-state index contributed by atoms with van der Waals surface area (Å²) in [6.45, 7) is 4.20. The van der Waals surface area contributed by atoms with Gasteiger partial charge in [0.25, 0.3) is 0 Å². The molecule has 0 amide bonds. The zero-order valence-electron chi connectivity index (χ0n) is 7.38. The van der Waals surface area contributed by atoms with Gasteiger partial charge in [-0.15, -0.1) is 0 Å². The van der Waals surface area contributed by atoms with Gasteiger partial charge in [-0.1, -0.05) is 6.92 Å². The fourth-order valence-electron chi connectivity index (χ4n) is 0.829. The number of hydrogen-bond donors (Lipinski definition) is 0. The quantitative estimate of drug-likeness (QED) is 0.768. The van der Waals surface area contributed by atoms with E-state index in [-0.39, 0.29) is 0 Å². The van der Waals surface area contributed by atoms with Gasteiger partial charge in [-0.25, -0.2) is 0 Å². The van der Waals surface area contributed by atoms with Crippen LogP contribution in [0.4, 0.5) is 0 Å². The van der Waals surface area contributed by atoms with Crippen molar-refractivity contribution >= 4 is 22.6 Å². The van der Waals surface area contributed by atoms with Gasteiger partial charge in [0, 0.05) is 3.57 Å². The van der Waals surface area contributed by atoms with E-state index in [9.17, 15) is 0 Å². The molecular weight excluding hydrogens is 263 g/mol. The van der Waals surface area contributed by atoms with Crippen molar-refractivity contribution < 1.29 is 4.74 Å². The van der Waals surface area contributed by atoms with Gasteiger partial charge in [0.1, 0.15) is 5.75 Å². The van der Waals surface area contributed by atoms with E-state index in [4.69, 9.17) is 4.74 Å². The molecule has 0 radical (unpaired) electrons. The van der Waals surface area contributed by atoms with E-state index in [2.05, 4.69) is 48.6 Å². The predicted molar refractivity (Wildman–Crippen MR) is 59.5 cm³/mol. The SMILES string of the molecule is CCC(C)Oc1ccc(I)cc1. The van der Waals surface area contributed by atoms with Gasteiger partial charge < -0.3 is 4.74 Å². The Kier molecular flexibility index (Phi) is 3.85. The predicted octanol–water partition coefficient (Wildman–Crippen LogP) is 3.47. The first-order valence-electron chi connectivity index (χ1n) is 4.14. The third kappa shape index (κ3) is 3.01. The molecule has 0 fully saturated rings. The van der Waals surface area contributed by atoms with E-state index in [1.165, 1.54) is 3.57 Å². The van der Waals surface area contributed by atoms with Gasteiger partial charge in [0.15, 0.2) is 0 Å². The van der Waals surface area contributed by atoms with Crippen LogP contribution in [0.1, 0.15) is 20.3 Å². The van der Waals surface area contributed by atoms with Gasteiger partial charge in [0.2, 0.25) is 0 Å². The Bertz CT molecular complexity index is 230. The molecule has 0 heterocycles. The lowest BCUT2D eigenvalue weighted by Gasteiger charge is -2.11. The minimum Gasteiger partial charge on any atom is -0.491 e. The number of hydrogen-bond acceptors (Lipinski definition) is 1. The molecule has 1 nitrogen and oxygen atoms in total. The van der Waals surface area contributed by atoms with Crippen LogP contribution in [-0.2, 0) is 0 Å². The largest absolute Gasteiger partial charge is 0.491 e.